The maximum atomic E-state index is 13.7. The van der Waals surface area contributed by atoms with Crippen LogP contribution in [0.15, 0.2) is 113 Å². The van der Waals surface area contributed by atoms with Crippen molar-refractivity contribution < 1.29 is 23.3 Å². The molecule has 0 fully saturated rings. The van der Waals surface area contributed by atoms with Gasteiger partial charge >= 0.3 is 0 Å². The van der Waals surface area contributed by atoms with Gasteiger partial charge in [0.15, 0.2) is 5.76 Å². The molecule has 4 aromatic carbocycles. The molecular formula is C26H17N2O6S-. The Labute approximate surface area is 200 Å². The van der Waals surface area contributed by atoms with Gasteiger partial charge in [-0.05, 0) is 40.6 Å². The quantitative estimate of drug-likeness (QED) is 0.256. The second kappa shape index (κ2) is 8.62. The molecule has 5 rings (SSSR count). The van der Waals surface area contributed by atoms with Crippen molar-refractivity contribution in [1.29, 1.82) is 0 Å². The Morgan fingerprint density at radius 3 is 2.20 bits per heavy atom. The molecule has 4 aromatic rings. The first-order valence-corrected chi connectivity index (χ1v) is 12.0. The molecule has 8 nitrogen and oxygen atoms in total. The van der Waals surface area contributed by atoms with E-state index in [0.717, 1.165) is 5.39 Å². The Morgan fingerprint density at radius 2 is 1.49 bits per heavy atom. The number of sulfone groups is 1. The van der Waals surface area contributed by atoms with Crippen molar-refractivity contribution in [2.24, 2.45) is 0 Å². The van der Waals surface area contributed by atoms with Crippen molar-refractivity contribution in [1.82, 2.24) is 5.48 Å². The second-order valence-electron chi connectivity index (χ2n) is 7.71. The number of nitro groups is 1. The Hall–Kier alpha value is -4.63. The molecule has 0 unspecified atom stereocenters. The van der Waals surface area contributed by atoms with Crippen molar-refractivity contribution >= 4 is 37.8 Å². The lowest BCUT2D eigenvalue weighted by Gasteiger charge is -2.19. The Balaban J connectivity index is 1.77. The number of nitro benzene ring substituents is 1. The molecule has 9 heteroatoms. The minimum Gasteiger partial charge on any atom is -0.871 e. The largest absolute Gasteiger partial charge is 0.871 e. The van der Waals surface area contributed by atoms with E-state index in [9.17, 15) is 23.6 Å². The van der Waals surface area contributed by atoms with Crippen LogP contribution in [0.3, 0.4) is 0 Å². The van der Waals surface area contributed by atoms with Gasteiger partial charge in [0.25, 0.3) is 5.69 Å². The van der Waals surface area contributed by atoms with Crippen LogP contribution >= 0.6 is 0 Å². The maximum absolute atomic E-state index is 13.7. The zero-order chi connectivity index (χ0) is 24.6. The van der Waals surface area contributed by atoms with Gasteiger partial charge in [0, 0.05) is 17.7 Å². The third-order valence-electron chi connectivity index (χ3n) is 5.61. The Kier molecular flexibility index (Phi) is 5.46. The van der Waals surface area contributed by atoms with Crippen molar-refractivity contribution in [3.05, 3.63) is 129 Å². The zero-order valence-electron chi connectivity index (χ0n) is 18.0. The van der Waals surface area contributed by atoms with E-state index < -0.39 is 20.5 Å². The molecule has 1 heterocycles. The summed E-state index contributed by atoms with van der Waals surface area (Å²) in [5, 5.41) is 26.2. The lowest BCUT2D eigenvalue weighted by molar-refractivity contribution is -0.384. The molecule has 0 saturated heterocycles. The van der Waals surface area contributed by atoms with E-state index in [2.05, 4.69) is 5.48 Å². The zero-order valence-corrected chi connectivity index (χ0v) is 18.9. The monoisotopic (exact) mass is 485 g/mol. The number of fused-ring (bicyclic) bond motifs is 1. The first-order chi connectivity index (χ1) is 16.9. The molecule has 1 aliphatic heterocycles. The average molecular weight is 485 g/mol. The van der Waals surface area contributed by atoms with Crippen molar-refractivity contribution in [2.45, 2.75) is 4.90 Å². The molecule has 1 aliphatic rings. The standard InChI is InChI=1S/C26H18N2O6S/c29-24(22-12-6-8-17-7-4-5-11-21(17)22)23-26(35(32,33)20-9-2-1-3-10-20)25(34-27-23)18-13-15-19(16-14-18)28(30)31/h1-16,27,29H/p-1. The Morgan fingerprint density at radius 1 is 0.829 bits per heavy atom. The summed E-state index contributed by atoms with van der Waals surface area (Å²) in [4.78, 5) is 15.7. The first-order valence-electron chi connectivity index (χ1n) is 10.5. The van der Waals surface area contributed by atoms with Crippen LogP contribution in [0.25, 0.3) is 22.3 Å². The van der Waals surface area contributed by atoms with Gasteiger partial charge in [0.05, 0.1) is 15.5 Å². The highest BCUT2D eigenvalue weighted by Gasteiger charge is 2.35. The summed E-state index contributed by atoms with van der Waals surface area (Å²) in [5.74, 6) is -0.680. The van der Waals surface area contributed by atoms with Gasteiger partial charge in [-0.1, -0.05) is 66.4 Å². The third-order valence-corrected chi connectivity index (χ3v) is 7.43. The molecule has 0 aromatic heterocycles. The fraction of sp³-hybridized carbons (Fsp3) is 0. The fourth-order valence-electron chi connectivity index (χ4n) is 3.91. The normalized spacial score (nSPS) is 15.0. The lowest BCUT2D eigenvalue weighted by Crippen LogP contribution is -2.18. The van der Waals surface area contributed by atoms with Crippen LogP contribution in [0.5, 0.6) is 0 Å². The number of rotatable bonds is 5. The summed E-state index contributed by atoms with van der Waals surface area (Å²) < 4.78 is 27.5. The van der Waals surface area contributed by atoms with Gasteiger partial charge in [-0.25, -0.2) is 13.9 Å². The van der Waals surface area contributed by atoms with Gasteiger partial charge in [0.1, 0.15) is 4.91 Å². The van der Waals surface area contributed by atoms with E-state index in [-0.39, 0.29) is 32.5 Å². The van der Waals surface area contributed by atoms with Crippen LogP contribution in [0.1, 0.15) is 11.1 Å². The minimum absolute atomic E-state index is 0.0232. The van der Waals surface area contributed by atoms with Gasteiger partial charge in [-0.15, -0.1) is 0 Å². The molecule has 0 amide bonds. The van der Waals surface area contributed by atoms with Gasteiger partial charge < -0.3 is 9.94 Å². The number of non-ortho nitro benzene ring substituents is 1. The van der Waals surface area contributed by atoms with Gasteiger partial charge in [-0.2, -0.15) is 0 Å². The smallest absolute Gasteiger partial charge is 0.269 e. The molecule has 0 spiro atoms. The number of hydrogen-bond donors (Lipinski definition) is 1. The molecule has 0 atom stereocenters. The highest BCUT2D eigenvalue weighted by atomic mass is 32.2. The predicted molar refractivity (Wildman–Crippen MR) is 129 cm³/mol. The predicted octanol–water partition coefficient (Wildman–Crippen LogP) is 4.15. The number of hydrogen-bond acceptors (Lipinski definition) is 7. The maximum Gasteiger partial charge on any atom is 0.269 e. The number of nitrogens with zero attached hydrogens (tertiary/aromatic N) is 1. The summed E-state index contributed by atoms with van der Waals surface area (Å²) in [6, 6.07) is 25.4. The molecule has 35 heavy (non-hydrogen) atoms. The first kappa shape index (κ1) is 22.2. The van der Waals surface area contributed by atoms with Crippen molar-refractivity contribution in [3.63, 3.8) is 0 Å². The molecule has 0 saturated carbocycles. The molecule has 1 N–H and O–H groups in total. The highest BCUT2D eigenvalue weighted by molar-refractivity contribution is 7.95. The summed E-state index contributed by atoms with van der Waals surface area (Å²) in [6.07, 6.45) is 0. The van der Waals surface area contributed by atoms with E-state index in [1.54, 1.807) is 42.5 Å². The number of benzene rings is 4. The lowest BCUT2D eigenvalue weighted by atomic mass is 10.0. The van der Waals surface area contributed by atoms with Crippen molar-refractivity contribution in [3.8, 4) is 0 Å². The molecule has 0 bridgehead atoms. The second-order valence-corrected chi connectivity index (χ2v) is 9.60. The van der Waals surface area contributed by atoms with E-state index in [0.29, 0.717) is 10.9 Å². The summed E-state index contributed by atoms with van der Waals surface area (Å²) in [5.41, 5.74) is 2.68. The van der Waals surface area contributed by atoms with E-state index in [1.165, 1.54) is 36.4 Å². The third kappa shape index (κ3) is 3.87. The molecule has 0 radical (unpaired) electrons. The molecule has 174 valence electrons. The summed E-state index contributed by atoms with van der Waals surface area (Å²) in [6.45, 7) is 0. The van der Waals surface area contributed by atoms with Crippen LogP contribution in [0, 0.1) is 10.1 Å². The van der Waals surface area contributed by atoms with Crippen LogP contribution < -0.4 is 10.6 Å². The summed E-state index contributed by atoms with van der Waals surface area (Å²) >= 11 is 0. The average Bonchev–Trinajstić information content (AvgIpc) is 3.35. The summed E-state index contributed by atoms with van der Waals surface area (Å²) in [7, 11) is -4.22. The van der Waals surface area contributed by atoms with Gasteiger partial charge in [-0.3, -0.25) is 10.1 Å². The minimum atomic E-state index is -4.22. The number of nitrogens with one attached hydrogen (secondary N) is 1. The highest BCUT2D eigenvalue weighted by Crippen LogP contribution is 2.39. The van der Waals surface area contributed by atoms with E-state index >= 15 is 0 Å². The van der Waals surface area contributed by atoms with E-state index in [4.69, 9.17) is 4.84 Å². The van der Waals surface area contributed by atoms with Crippen LogP contribution in [-0.4, -0.2) is 13.3 Å². The van der Waals surface area contributed by atoms with Crippen LogP contribution in [-0.2, 0) is 14.7 Å². The molecule has 0 aliphatic carbocycles. The van der Waals surface area contributed by atoms with E-state index in [1.807, 2.05) is 18.2 Å². The van der Waals surface area contributed by atoms with Gasteiger partial charge in [0.2, 0.25) is 9.84 Å². The fourth-order valence-corrected chi connectivity index (χ4v) is 5.47. The molecular weight excluding hydrogens is 468 g/mol. The van der Waals surface area contributed by atoms with Crippen LogP contribution in [0.2, 0.25) is 0 Å². The number of hydroxylamine groups is 1. The SMILES string of the molecule is O=[N+]([O-])c1ccc(C2=C(S(=O)(=O)c3ccccc3)C(=C([O-])c3cccc4ccccc34)NO2)cc1. The van der Waals surface area contributed by atoms with Crippen molar-refractivity contribution in [2.75, 3.05) is 0 Å². The topological polar surface area (TPSA) is 122 Å². The Bertz CT molecular complexity index is 1620. The van der Waals surface area contributed by atoms with Crippen LogP contribution in [0.4, 0.5) is 5.69 Å².